The smallest absolute Gasteiger partial charge is 0.282 e. The number of amides is 1. The third-order valence-corrected chi connectivity index (χ3v) is 3.86. The lowest BCUT2D eigenvalue weighted by molar-refractivity contribution is -0.385. The summed E-state index contributed by atoms with van der Waals surface area (Å²) in [6.45, 7) is 4.63. The minimum Gasteiger partial charge on any atom is -0.388 e. The van der Waals surface area contributed by atoms with Crippen molar-refractivity contribution >= 4 is 17.3 Å². The predicted molar refractivity (Wildman–Crippen MR) is 77.0 cm³/mol. The normalized spacial score (nSPS) is 17.1. The van der Waals surface area contributed by atoms with Crippen LogP contribution in [-0.2, 0) is 0 Å². The van der Waals surface area contributed by atoms with E-state index in [1.807, 2.05) is 13.8 Å². The molecule has 1 heterocycles. The Labute approximate surface area is 117 Å². The molecule has 1 amide bonds. The van der Waals surface area contributed by atoms with Gasteiger partial charge in [0.15, 0.2) is 0 Å². The van der Waals surface area contributed by atoms with E-state index in [0.717, 1.165) is 12.8 Å². The molecular formula is C14H19N3O3. The van der Waals surface area contributed by atoms with E-state index in [2.05, 4.69) is 5.32 Å². The van der Waals surface area contributed by atoms with Crippen LogP contribution in [0.1, 0.15) is 37.0 Å². The van der Waals surface area contributed by atoms with Crippen LogP contribution in [-0.4, -0.2) is 34.9 Å². The Balaban J connectivity index is 2.45. The average Bonchev–Trinajstić information content (AvgIpc) is 2.76. The van der Waals surface area contributed by atoms with Gasteiger partial charge in [-0.25, -0.2) is 0 Å². The second-order valence-electron chi connectivity index (χ2n) is 5.61. The number of nitro groups is 1. The molecule has 0 radical (unpaired) electrons. The molecule has 2 rings (SSSR count). The zero-order valence-corrected chi connectivity index (χ0v) is 12.0. The molecule has 6 heteroatoms. The van der Waals surface area contributed by atoms with Crippen LogP contribution in [0.15, 0.2) is 18.2 Å². The molecule has 1 N–H and O–H groups in total. The highest BCUT2D eigenvalue weighted by Gasteiger charge is 2.38. The Morgan fingerprint density at radius 2 is 2.15 bits per heavy atom. The van der Waals surface area contributed by atoms with Gasteiger partial charge >= 0.3 is 0 Å². The average molecular weight is 277 g/mol. The maximum Gasteiger partial charge on any atom is 0.282 e. The monoisotopic (exact) mass is 277 g/mol. The van der Waals surface area contributed by atoms with Crippen molar-refractivity contribution in [3.05, 3.63) is 33.9 Å². The summed E-state index contributed by atoms with van der Waals surface area (Å²) in [6, 6.07) is 4.53. The van der Waals surface area contributed by atoms with Crippen molar-refractivity contribution < 1.29 is 9.72 Å². The number of nitro benzene ring substituents is 1. The first-order valence-electron chi connectivity index (χ1n) is 6.65. The molecule has 1 fully saturated rings. The van der Waals surface area contributed by atoms with Crippen molar-refractivity contribution in [1.29, 1.82) is 0 Å². The number of carbonyl (C=O) groups is 1. The minimum atomic E-state index is -0.504. The van der Waals surface area contributed by atoms with Gasteiger partial charge in [0.25, 0.3) is 11.6 Å². The van der Waals surface area contributed by atoms with Crippen molar-refractivity contribution in [3.63, 3.8) is 0 Å². The second kappa shape index (κ2) is 5.11. The Hall–Kier alpha value is -2.11. The summed E-state index contributed by atoms with van der Waals surface area (Å²) in [6.07, 6.45) is 1.84. The van der Waals surface area contributed by atoms with Crippen LogP contribution in [0.25, 0.3) is 0 Å². The minimum absolute atomic E-state index is 0.142. The quantitative estimate of drug-likeness (QED) is 0.680. The maximum atomic E-state index is 12.6. The lowest BCUT2D eigenvalue weighted by Gasteiger charge is -2.31. The van der Waals surface area contributed by atoms with Crippen molar-refractivity contribution in [2.24, 2.45) is 0 Å². The van der Waals surface area contributed by atoms with Crippen molar-refractivity contribution in [3.8, 4) is 0 Å². The van der Waals surface area contributed by atoms with Gasteiger partial charge in [-0.05, 0) is 38.8 Å². The highest BCUT2D eigenvalue weighted by Crippen LogP contribution is 2.32. The fraction of sp³-hybridized carbons (Fsp3) is 0.500. The molecule has 0 aliphatic carbocycles. The standard InChI is InChI=1S/C14H19N3O3/c1-14(2)7-4-8-16(14)13(18)11-9-10(15-3)5-6-12(11)17(19)20/h5-6,9,15H,4,7-8H2,1-3H3. The van der Waals surface area contributed by atoms with E-state index < -0.39 is 4.92 Å². The Morgan fingerprint density at radius 1 is 1.45 bits per heavy atom. The summed E-state index contributed by atoms with van der Waals surface area (Å²) in [5.74, 6) is -0.267. The zero-order chi connectivity index (χ0) is 14.9. The van der Waals surface area contributed by atoms with Gasteiger partial charge in [-0.3, -0.25) is 14.9 Å². The fourth-order valence-electron chi connectivity index (χ4n) is 2.65. The highest BCUT2D eigenvalue weighted by molar-refractivity contribution is 5.99. The van der Waals surface area contributed by atoms with E-state index in [-0.39, 0.29) is 22.7 Å². The van der Waals surface area contributed by atoms with Crippen molar-refractivity contribution in [1.82, 2.24) is 4.90 Å². The first-order valence-corrected chi connectivity index (χ1v) is 6.65. The molecule has 0 bridgehead atoms. The van der Waals surface area contributed by atoms with Crippen LogP contribution in [0, 0.1) is 10.1 Å². The van der Waals surface area contributed by atoms with Crippen LogP contribution < -0.4 is 5.32 Å². The number of nitrogens with one attached hydrogen (secondary N) is 1. The topological polar surface area (TPSA) is 75.5 Å². The molecule has 20 heavy (non-hydrogen) atoms. The summed E-state index contributed by atoms with van der Waals surface area (Å²) in [5.41, 5.74) is 0.449. The zero-order valence-electron chi connectivity index (χ0n) is 12.0. The van der Waals surface area contributed by atoms with Gasteiger partial charge in [-0.15, -0.1) is 0 Å². The van der Waals surface area contributed by atoms with Gasteiger partial charge < -0.3 is 10.2 Å². The number of anilines is 1. The van der Waals surface area contributed by atoms with Crippen LogP contribution >= 0.6 is 0 Å². The van der Waals surface area contributed by atoms with Crippen LogP contribution in [0.4, 0.5) is 11.4 Å². The molecule has 0 spiro atoms. The van der Waals surface area contributed by atoms with Gasteiger partial charge in [0, 0.05) is 30.9 Å². The van der Waals surface area contributed by atoms with Gasteiger partial charge in [-0.2, -0.15) is 0 Å². The lowest BCUT2D eigenvalue weighted by Crippen LogP contribution is -2.42. The van der Waals surface area contributed by atoms with E-state index in [9.17, 15) is 14.9 Å². The Bertz CT molecular complexity index is 555. The van der Waals surface area contributed by atoms with Crippen LogP contribution in [0.5, 0.6) is 0 Å². The highest BCUT2D eigenvalue weighted by atomic mass is 16.6. The van der Waals surface area contributed by atoms with E-state index in [4.69, 9.17) is 0 Å². The van der Waals surface area contributed by atoms with E-state index in [0.29, 0.717) is 12.2 Å². The summed E-state index contributed by atoms with van der Waals surface area (Å²) in [7, 11) is 1.72. The number of benzene rings is 1. The van der Waals surface area contributed by atoms with E-state index in [1.165, 1.54) is 6.07 Å². The molecule has 1 saturated heterocycles. The number of hydrogen-bond donors (Lipinski definition) is 1. The predicted octanol–water partition coefficient (Wildman–Crippen LogP) is 2.65. The molecule has 1 aromatic carbocycles. The molecule has 108 valence electrons. The molecule has 0 aromatic heterocycles. The number of carbonyl (C=O) groups excluding carboxylic acids is 1. The maximum absolute atomic E-state index is 12.6. The number of rotatable bonds is 3. The largest absolute Gasteiger partial charge is 0.388 e. The third kappa shape index (κ3) is 2.45. The van der Waals surface area contributed by atoms with Gasteiger partial charge in [0.05, 0.1) is 4.92 Å². The molecule has 0 saturated carbocycles. The molecule has 0 unspecified atom stereocenters. The molecule has 1 aliphatic rings. The molecule has 0 atom stereocenters. The number of nitrogens with zero attached hydrogens (tertiary/aromatic N) is 2. The van der Waals surface area contributed by atoms with Gasteiger partial charge in [0.2, 0.25) is 0 Å². The van der Waals surface area contributed by atoms with Crippen LogP contribution in [0.2, 0.25) is 0 Å². The fourth-order valence-corrected chi connectivity index (χ4v) is 2.65. The first-order chi connectivity index (χ1) is 9.36. The molecular weight excluding hydrogens is 258 g/mol. The van der Waals surface area contributed by atoms with Gasteiger partial charge in [0.1, 0.15) is 5.56 Å². The molecule has 1 aliphatic heterocycles. The van der Waals surface area contributed by atoms with E-state index in [1.54, 1.807) is 24.1 Å². The van der Waals surface area contributed by atoms with E-state index >= 15 is 0 Å². The van der Waals surface area contributed by atoms with Crippen molar-refractivity contribution in [2.45, 2.75) is 32.2 Å². The molecule has 6 nitrogen and oxygen atoms in total. The third-order valence-electron chi connectivity index (χ3n) is 3.86. The Kier molecular flexibility index (Phi) is 3.65. The summed E-state index contributed by atoms with van der Waals surface area (Å²) >= 11 is 0. The van der Waals surface area contributed by atoms with Crippen LogP contribution in [0.3, 0.4) is 0 Å². The first kappa shape index (κ1) is 14.3. The van der Waals surface area contributed by atoms with Crippen molar-refractivity contribution in [2.75, 3.05) is 18.9 Å². The van der Waals surface area contributed by atoms with Gasteiger partial charge in [-0.1, -0.05) is 0 Å². The second-order valence-corrected chi connectivity index (χ2v) is 5.61. The SMILES string of the molecule is CNc1ccc([N+](=O)[O-])c(C(=O)N2CCCC2(C)C)c1. The summed E-state index contributed by atoms with van der Waals surface area (Å²) in [5, 5.41) is 14.0. The summed E-state index contributed by atoms with van der Waals surface area (Å²) < 4.78 is 0. The Morgan fingerprint density at radius 3 is 2.65 bits per heavy atom. The number of likely N-dealkylation sites (tertiary alicyclic amines) is 1. The number of hydrogen-bond acceptors (Lipinski definition) is 4. The lowest BCUT2D eigenvalue weighted by atomic mass is 10.0. The summed E-state index contributed by atoms with van der Waals surface area (Å²) in [4.78, 5) is 25.0. The molecule has 1 aromatic rings.